The van der Waals surface area contributed by atoms with Crippen molar-refractivity contribution >= 4 is 12.0 Å². The van der Waals surface area contributed by atoms with Crippen molar-refractivity contribution in [3.05, 3.63) is 0 Å². The quantitative estimate of drug-likeness (QED) is 0.821. The molecular weight excluding hydrogens is 244 g/mol. The van der Waals surface area contributed by atoms with Gasteiger partial charge in [-0.1, -0.05) is 20.8 Å². The van der Waals surface area contributed by atoms with Gasteiger partial charge < -0.3 is 15.3 Å². The van der Waals surface area contributed by atoms with Crippen LogP contribution < -0.4 is 5.32 Å². The Balaban J connectivity index is 1.99. The summed E-state index contributed by atoms with van der Waals surface area (Å²) in [6, 6.07) is -0.947. The van der Waals surface area contributed by atoms with Crippen LogP contribution in [0, 0.1) is 17.3 Å². The van der Waals surface area contributed by atoms with Gasteiger partial charge in [0.2, 0.25) is 0 Å². The van der Waals surface area contributed by atoms with Crippen LogP contribution in [0.1, 0.15) is 40.0 Å². The Labute approximate surface area is 114 Å². The van der Waals surface area contributed by atoms with Crippen molar-refractivity contribution in [3.8, 4) is 0 Å². The average Bonchev–Trinajstić information content (AvgIpc) is 3.00. The predicted molar refractivity (Wildman–Crippen MR) is 71.8 cm³/mol. The zero-order chi connectivity index (χ0) is 14.2. The van der Waals surface area contributed by atoms with Crippen LogP contribution >= 0.6 is 0 Å². The molecule has 3 atom stereocenters. The molecule has 2 amide bonds. The molecule has 0 aromatic carbocycles. The first-order valence-corrected chi connectivity index (χ1v) is 7.10. The van der Waals surface area contributed by atoms with Gasteiger partial charge in [-0.2, -0.15) is 0 Å². The second-order valence-electron chi connectivity index (χ2n) is 6.69. The van der Waals surface area contributed by atoms with Crippen molar-refractivity contribution < 1.29 is 14.7 Å². The SMILES string of the molecule is CC1CC1CNC(=O)N1CCCC(C)(C)C1C(=O)O. The lowest BCUT2D eigenvalue weighted by atomic mass is 9.76. The van der Waals surface area contributed by atoms with Gasteiger partial charge in [-0.3, -0.25) is 0 Å². The molecule has 19 heavy (non-hydrogen) atoms. The molecule has 0 spiro atoms. The summed E-state index contributed by atoms with van der Waals surface area (Å²) in [6.45, 7) is 7.22. The van der Waals surface area contributed by atoms with E-state index in [1.165, 1.54) is 4.90 Å². The van der Waals surface area contributed by atoms with Crippen molar-refractivity contribution in [3.63, 3.8) is 0 Å². The Hall–Kier alpha value is -1.26. The number of rotatable bonds is 3. The van der Waals surface area contributed by atoms with E-state index in [4.69, 9.17) is 0 Å². The number of carbonyl (C=O) groups is 2. The molecule has 1 aliphatic carbocycles. The van der Waals surface area contributed by atoms with Gasteiger partial charge in [0.15, 0.2) is 0 Å². The Kier molecular flexibility index (Phi) is 3.74. The second-order valence-corrected chi connectivity index (χ2v) is 6.69. The van der Waals surface area contributed by atoms with Crippen LogP contribution in [0.5, 0.6) is 0 Å². The zero-order valence-corrected chi connectivity index (χ0v) is 12.0. The first kappa shape index (κ1) is 14.2. The van der Waals surface area contributed by atoms with E-state index in [-0.39, 0.29) is 11.4 Å². The van der Waals surface area contributed by atoms with Gasteiger partial charge in [0, 0.05) is 13.1 Å². The molecule has 2 fully saturated rings. The fourth-order valence-corrected chi connectivity index (χ4v) is 3.08. The van der Waals surface area contributed by atoms with E-state index in [0.29, 0.717) is 24.9 Å². The third-order valence-electron chi connectivity index (χ3n) is 4.56. The highest BCUT2D eigenvalue weighted by atomic mass is 16.4. The van der Waals surface area contributed by atoms with Crippen LogP contribution in [0.25, 0.3) is 0 Å². The fourth-order valence-electron chi connectivity index (χ4n) is 3.08. The van der Waals surface area contributed by atoms with Gasteiger partial charge in [0.05, 0.1) is 0 Å². The van der Waals surface area contributed by atoms with Crippen molar-refractivity contribution in [2.75, 3.05) is 13.1 Å². The number of urea groups is 1. The summed E-state index contributed by atoms with van der Waals surface area (Å²) >= 11 is 0. The molecule has 1 heterocycles. The van der Waals surface area contributed by atoms with E-state index < -0.39 is 12.0 Å². The lowest BCUT2D eigenvalue weighted by Gasteiger charge is -2.43. The summed E-state index contributed by atoms with van der Waals surface area (Å²) in [5.41, 5.74) is -0.367. The maximum atomic E-state index is 12.2. The van der Waals surface area contributed by atoms with Crippen LogP contribution in [-0.4, -0.2) is 41.1 Å². The molecule has 1 aliphatic heterocycles. The summed E-state index contributed by atoms with van der Waals surface area (Å²) in [4.78, 5) is 25.2. The van der Waals surface area contributed by atoms with E-state index >= 15 is 0 Å². The van der Waals surface area contributed by atoms with Crippen molar-refractivity contribution in [1.82, 2.24) is 10.2 Å². The lowest BCUT2D eigenvalue weighted by molar-refractivity contribution is -0.148. The molecule has 0 bridgehead atoms. The highest BCUT2D eigenvalue weighted by Gasteiger charge is 2.44. The minimum atomic E-state index is -0.903. The van der Waals surface area contributed by atoms with Crippen LogP contribution in [-0.2, 0) is 4.79 Å². The molecule has 5 nitrogen and oxygen atoms in total. The van der Waals surface area contributed by atoms with Crippen molar-refractivity contribution in [2.24, 2.45) is 17.3 Å². The van der Waals surface area contributed by atoms with E-state index in [1.807, 2.05) is 13.8 Å². The number of likely N-dealkylation sites (tertiary alicyclic amines) is 1. The zero-order valence-electron chi connectivity index (χ0n) is 12.0. The largest absolute Gasteiger partial charge is 0.480 e. The highest BCUT2D eigenvalue weighted by molar-refractivity contribution is 5.83. The summed E-state index contributed by atoms with van der Waals surface area (Å²) in [7, 11) is 0. The van der Waals surface area contributed by atoms with Crippen molar-refractivity contribution in [2.45, 2.75) is 46.1 Å². The number of aliphatic carboxylic acids is 1. The molecule has 108 valence electrons. The number of carboxylic acid groups (broad SMARTS) is 1. The van der Waals surface area contributed by atoms with Crippen molar-refractivity contribution in [1.29, 1.82) is 0 Å². The molecule has 3 unspecified atom stereocenters. The van der Waals surface area contributed by atoms with Gasteiger partial charge in [0.25, 0.3) is 0 Å². The number of hydrogen-bond acceptors (Lipinski definition) is 2. The highest BCUT2D eigenvalue weighted by Crippen LogP contribution is 2.37. The Bertz CT molecular complexity index is 381. The molecule has 5 heteroatoms. The predicted octanol–water partition coefficient (Wildman–Crippen LogP) is 1.93. The van der Waals surface area contributed by atoms with Gasteiger partial charge in [-0.25, -0.2) is 9.59 Å². The van der Waals surface area contributed by atoms with Gasteiger partial charge in [-0.05, 0) is 36.5 Å². The molecule has 1 saturated carbocycles. The van der Waals surface area contributed by atoms with E-state index in [1.54, 1.807) is 0 Å². The van der Waals surface area contributed by atoms with Gasteiger partial charge >= 0.3 is 12.0 Å². The first-order chi connectivity index (χ1) is 8.83. The molecule has 0 aromatic heterocycles. The monoisotopic (exact) mass is 268 g/mol. The van der Waals surface area contributed by atoms with Crippen LogP contribution in [0.2, 0.25) is 0 Å². The third-order valence-corrected chi connectivity index (χ3v) is 4.56. The number of carboxylic acids is 1. The summed E-state index contributed by atoms with van der Waals surface area (Å²) in [5, 5.41) is 12.3. The fraction of sp³-hybridized carbons (Fsp3) is 0.857. The van der Waals surface area contributed by atoms with Crippen LogP contribution in [0.3, 0.4) is 0 Å². The van der Waals surface area contributed by atoms with Crippen LogP contribution in [0.4, 0.5) is 4.79 Å². The second kappa shape index (κ2) is 5.02. The molecule has 2 aliphatic rings. The molecule has 0 aromatic rings. The average molecular weight is 268 g/mol. The van der Waals surface area contributed by atoms with E-state index in [9.17, 15) is 14.7 Å². The standard InChI is InChI=1S/C14H24N2O3/c1-9-7-10(9)8-15-13(19)16-6-4-5-14(2,3)11(16)12(17)18/h9-11H,4-8H2,1-3H3,(H,15,19)(H,17,18). The normalized spacial score (nSPS) is 32.8. The van der Waals surface area contributed by atoms with E-state index in [0.717, 1.165) is 19.3 Å². The van der Waals surface area contributed by atoms with Crippen LogP contribution in [0.15, 0.2) is 0 Å². The number of hydrogen-bond donors (Lipinski definition) is 2. The number of amides is 2. The van der Waals surface area contributed by atoms with E-state index in [2.05, 4.69) is 12.2 Å². The molecule has 0 radical (unpaired) electrons. The summed E-state index contributed by atoms with van der Waals surface area (Å²) in [6.07, 6.45) is 2.87. The Morgan fingerprint density at radius 1 is 1.42 bits per heavy atom. The maximum absolute atomic E-state index is 12.2. The topological polar surface area (TPSA) is 69.6 Å². The molecule has 2 N–H and O–H groups in total. The molecule has 2 rings (SSSR count). The smallest absolute Gasteiger partial charge is 0.327 e. The Morgan fingerprint density at radius 2 is 2.05 bits per heavy atom. The number of nitrogens with one attached hydrogen (secondary N) is 1. The van der Waals surface area contributed by atoms with Gasteiger partial charge in [-0.15, -0.1) is 0 Å². The third kappa shape index (κ3) is 3.01. The number of carbonyl (C=O) groups excluding carboxylic acids is 1. The summed E-state index contributed by atoms with van der Waals surface area (Å²) < 4.78 is 0. The molecular formula is C14H24N2O3. The lowest BCUT2D eigenvalue weighted by Crippen LogP contribution is -2.58. The summed E-state index contributed by atoms with van der Waals surface area (Å²) in [5.74, 6) is 0.359. The maximum Gasteiger partial charge on any atom is 0.327 e. The number of nitrogens with zero attached hydrogens (tertiary/aromatic N) is 1. The van der Waals surface area contributed by atoms with Gasteiger partial charge in [0.1, 0.15) is 6.04 Å². The molecule has 1 saturated heterocycles. The minimum absolute atomic E-state index is 0.223. The Morgan fingerprint density at radius 3 is 2.58 bits per heavy atom. The number of piperidine rings is 1. The minimum Gasteiger partial charge on any atom is -0.480 e. The first-order valence-electron chi connectivity index (χ1n) is 7.10.